The summed E-state index contributed by atoms with van der Waals surface area (Å²) in [5, 5.41) is 0. The Balaban J connectivity index is 2.32. The van der Waals surface area contributed by atoms with Crippen LogP contribution in [-0.4, -0.2) is 19.7 Å². The molecular formula is C13H20N2O. The molecule has 2 rings (SSSR count). The molecule has 0 amide bonds. The maximum Gasteiger partial charge on any atom is 0.143 e. The Kier molecular flexibility index (Phi) is 3.22. The van der Waals surface area contributed by atoms with Crippen LogP contribution < -0.4 is 15.4 Å². The van der Waals surface area contributed by atoms with E-state index in [9.17, 15) is 0 Å². The van der Waals surface area contributed by atoms with Crippen LogP contribution in [0.4, 0.5) is 11.4 Å². The normalized spacial score (nSPS) is 20.1. The first kappa shape index (κ1) is 11.1. The predicted octanol–water partition coefficient (Wildman–Crippen LogP) is 2.66. The average molecular weight is 220 g/mol. The van der Waals surface area contributed by atoms with Crippen LogP contribution in [0.25, 0.3) is 0 Å². The Bertz CT molecular complexity index is 365. The zero-order valence-electron chi connectivity index (χ0n) is 10.1. The number of nitrogens with two attached hydrogens (primary N) is 1. The first-order valence-corrected chi connectivity index (χ1v) is 5.97. The zero-order chi connectivity index (χ0) is 11.5. The molecule has 16 heavy (non-hydrogen) atoms. The highest BCUT2D eigenvalue weighted by Gasteiger charge is 2.25. The largest absolute Gasteiger partial charge is 0.495 e. The summed E-state index contributed by atoms with van der Waals surface area (Å²) in [6.45, 7) is 3.34. The molecule has 0 aliphatic carbocycles. The van der Waals surface area contributed by atoms with Gasteiger partial charge >= 0.3 is 0 Å². The molecule has 1 aromatic rings. The number of methoxy groups -OCH3 is 1. The van der Waals surface area contributed by atoms with Gasteiger partial charge in [0.25, 0.3) is 0 Å². The number of nitrogens with zero attached hydrogens (tertiary/aromatic N) is 1. The van der Waals surface area contributed by atoms with Crippen LogP contribution in [0.2, 0.25) is 0 Å². The van der Waals surface area contributed by atoms with Gasteiger partial charge in [-0.15, -0.1) is 0 Å². The van der Waals surface area contributed by atoms with E-state index in [0.717, 1.165) is 23.7 Å². The van der Waals surface area contributed by atoms with Crippen molar-refractivity contribution in [3.63, 3.8) is 0 Å². The van der Waals surface area contributed by atoms with Crippen molar-refractivity contribution < 1.29 is 4.74 Å². The molecule has 0 saturated carbocycles. The van der Waals surface area contributed by atoms with Crippen molar-refractivity contribution in [3.05, 3.63) is 18.2 Å². The average Bonchev–Trinajstić information content (AvgIpc) is 2.77. The Morgan fingerprint density at radius 1 is 1.50 bits per heavy atom. The third-order valence-electron chi connectivity index (χ3n) is 3.42. The summed E-state index contributed by atoms with van der Waals surface area (Å²) in [6.07, 6.45) is 3.71. The van der Waals surface area contributed by atoms with Gasteiger partial charge in [-0.2, -0.15) is 0 Å². The monoisotopic (exact) mass is 220 g/mol. The number of nitrogen functional groups attached to an aromatic ring is 1. The summed E-state index contributed by atoms with van der Waals surface area (Å²) in [5.41, 5.74) is 8.02. The summed E-state index contributed by atoms with van der Waals surface area (Å²) < 4.78 is 5.26. The van der Waals surface area contributed by atoms with E-state index in [0.29, 0.717) is 6.04 Å². The fourth-order valence-electron chi connectivity index (χ4n) is 2.54. The molecule has 1 saturated heterocycles. The molecule has 1 aromatic carbocycles. The molecule has 88 valence electrons. The SMILES string of the molecule is CCC1CCCN1c1cccc(OC)c1N. The van der Waals surface area contributed by atoms with Crippen LogP contribution in [0.5, 0.6) is 5.75 Å². The van der Waals surface area contributed by atoms with Crippen LogP contribution >= 0.6 is 0 Å². The van der Waals surface area contributed by atoms with E-state index in [1.807, 2.05) is 12.1 Å². The zero-order valence-corrected chi connectivity index (χ0v) is 10.1. The molecule has 2 N–H and O–H groups in total. The van der Waals surface area contributed by atoms with E-state index < -0.39 is 0 Å². The highest BCUT2D eigenvalue weighted by molar-refractivity contribution is 5.74. The van der Waals surface area contributed by atoms with Crippen LogP contribution in [-0.2, 0) is 0 Å². The highest BCUT2D eigenvalue weighted by Crippen LogP contribution is 2.36. The number of hydrogen-bond acceptors (Lipinski definition) is 3. The van der Waals surface area contributed by atoms with Gasteiger partial charge in [0.05, 0.1) is 18.5 Å². The smallest absolute Gasteiger partial charge is 0.143 e. The lowest BCUT2D eigenvalue weighted by atomic mass is 10.1. The fourth-order valence-corrected chi connectivity index (χ4v) is 2.54. The lowest BCUT2D eigenvalue weighted by Crippen LogP contribution is -2.29. The van der Waals surface area contributed by atoms with Crippen LogP contribution in [0.15, 0.2) is 18.2 Å². The van der Waals surface area contributed by atoms with Gasteiger partial charge in [-0.25, -0.2) is 0 Å². The van der Waals surface area contributed by atoms with Crippen LogP contribution in [0.1, 0.15) is 26.2 Å². The lowest BCUT2D eigenvalue weighted by Gasteiger charge is -2.27. The van der Waals surface area contributed by atoms with Crippen molar-refractivity contribution in [3.8, 4) is 5.75 Å². The van der Waals surface area contributed by atoms with E-state index in [4.69, 9.17) is 10.5 Å². The van der Waals surface area contributed by atoms with Crippen molar-refractivity contribution >= 4 is 11.4 Å². The topological polar surface area (TPSA) is 38.5 Å². The van der Waals surface area contributed by atoms with Gasteiger partial charge < -0.3 is 15.4 Å². The second-order valence-corrected chi connectivity index (χ2v) is 4.29. The van der Waals surface area contributed by atoms with E-state index in [1.165, 1.54) is 19.3 Å². The number of benzene rings is 1. The Morgan fingerprint density at radius 2 is 2.31 bits per heavy atom. The van der Waals surface area contributed by atoms with Gasteiger partial charge in [0.15, 0.2) is 0 Å². The van der Waals surface area contributed by atoms with Crippen molar-refractivity contribution in [1.82, 2.24) is 0 Å². The minimum atomic E-state index is 0.634. The fraction of sp³-hybridized carbons (Fsp3) is 0.538. The van der Waals surface area contributed by atoms with Gasteiger partial charge in [0.2, 0.25) is 0 Å². The predicted molar refractivity (Wildman–Crippen MR) is 68.1 cm³/mol. The van der Waals surface area contributed by atoms with Crippen LogP contribution in [0, 0.1) is 0 Å². The molecule has 3 nitrogen and oxygen atoms in total. The highest BCUT2D eigenvalue weighted by atomic mass is 16.5. The van der Waals surface area contributed by atoms with Gasteiger partial charge in [0, 0.05) is 12.6 Å². The minimum absolute atomic E-state index is 0.634. The minimum Gasteiger partial charge on any atom is -0.495 e. The van der Waals surface area contributed by atoms with Gasteiger partial charge in [-0.05, 0) is 31.4 Å². The summed E-state index contributed by atoms with van der Waals surface area (Å²) in [6, 6.07) is 6.64. The standard InChI is InChI=1S/C13H20N2O/c1-3-10-6-5-9-15(10)11-7-4-8-12(16-2)13(11)14/h4,7-8,10H,3,5-6,9,14H2,1-2H3. The number of rotatable bonds is 3. The summed E-state index contributed by atoms with van der Waals surface area (Å²) in [5.74, 6) is 0.777. The lowest BCUT2D eigenvalue weighted by molar-refractivity contribution is 0.417. The van der Waals surface area contributed by atoms with Gasteiger partial charge in [-0.1, -0.05) is 13.0 Å². The molecule has 1 atom stereocenters. The molecule has 1 fully saturated rings. The van der Waals surface area contributed by atoms with E-state index >= 15 is 0 Å². The number of hydrogen-bond donors (Lipinski definition) is 1. The molecule has 0 spiro atoms. The third kappa shape index (κ3) is 1.82. The van der Waals surface area contributed by atoms with Crippen molar-refractivity contribution in [2.45, 2.75) is 32.2 Å². The Morgan fingerprint density at radius 3 is 3.00 bits per heavy atom. The number of anilines is 2. The van der Waals surface area contributed by atoms with Crippen molar-refractivity contribution in [2.24, 2.45) is 0 Å². The molecular weight excluding hydrogens is 200 g/mol. The summed E-state index contributed by atoms with van der Waals surface area (Å²) >= 11 is 0. The molecule has 1 aliphatic rings. The summed E-state index contributed by atoms with van der Waals surface area (Å²) in [4.78, 5) is 2.41. The molecule has 1 aliphatic heterocycles. The Labute approximate surface area is 97.2 Å². The van der Waals surface area contributed by atoms with E-state index in [-0.39, 0.29) is 0 Å². The number of para-hydroxylation sites is 1. The van der Waals surface area contributed by atoms with Gasteiger partial charge in [0.1, 0.15) is 5.75 Å². The maximum absolute atomic E-state index is 6.12. The van der Waals surface area contributed by atoms with Crippen molar-refractivity contribution in [1.29, 1.82) is 0 Å². The third-order valence-corrected chi connectivity index (χ3v) is 3.42. The second-order valence-electron chi connectivity index (χ2n) is 4.29. The molecule has 1 heterocycles. The quantitative estimate of drug-likeness (QED) is 0.796. The molecule has 3 heteroatoms. The molecule has 0 radical (unpaired) electrons. The Hall–Kier alpha value is -1.38. The van der Waals surface area contributed by atoms with Crippen molar-refractivity contribution in [2.75, 3.05) is 24.3 Å². The van der Waals surface area contributed by atoms with Crippen LogP contribution in [0.3, 0.4) is 0 Å². The number of ether oxygens (including phenoxy) is 1. The molecule has 0 aromatic heterocycles. The molecule has 0 bridgehead atoms. The van der Waals surface area contributed by atoms with Gasteiger partial charge in [-0.3, -0.25) is 0 Å². The first-order chi connectivity index (χ1) is 7.77. The molecule has 1 unspecified atom stereocenters. The first-order valence-electron chi connectivity index (χ1n) is 5.97. The second kappa shape index (κ2) is 4.64. The van der Waals surface area contributed by atoms with E-state index in [2.05, 4.69) is 17.9 Å². The maximum atomic E-state index is 6.12. The van der Waals surface area contributed by atoms with E-state index in [1.54, 1.807) is 7.11 Å². The summed E-state index contributed by atoms with van der Waals surface area (Å²) in [7, 11) is 1.66.